The summed E-state index contributed by atoms with van der Waals surface area (Å²) < 4.78 is 2.02. The third-order valence-electron chi connectivity index (χ3n) is 6.12. The molecule has 2 aromatic heterocycles. The number of aromatic nitrogens is 2. The molecule has 2 amide bonds. The van der Waals surface area contributed by atoms with Gasteiger partial charge in [0.2, 0.25) is 11.8 Å². The highest BCUT2D eigenvalue weighted by atomic mass is 16.2. The second-order valence-electron chi connectivity index (χ2n) is 7.80. The number of benzene rings is 1. The number of nitrogens with one attached hydrogen (secondary N) is 1. The predicted octanol–water partition coefficient (Wildman–Crippen LogP) is 3.39. The molecule has 3 heterocycles. The van der Waals surface area contributed by atoms with Gasteiger partial charge >= 0.3 is 0 Å². The fourth-order valence-corrected chi connectivity index (χ4v) is 4.67. The summed E-state index contributed by atoms with van der Waals surface area (Å²) in [5.74, 6) is 0.274. The van der Waals surface area contributed by atoms with Crippen molar-refractivity contribution in [2.75, 3.05) is 0 Å². The van der Waals surface area contributed by atoms with Crippen LogP contribution in [0.5, 0.6) is 0 Å². The van der Waals surface area contributed by atoms with Crippen LogP contribution in [0.15, 0.2) is 36.5 Å². The monoisotopic (exact) mass is 375 g/mol. The Morgan fingerprint density at radius 3 is 2.57 bits per heavy atom. The molecule has 2 fully saturated rings. The smallest absolute Gasteiger partial charge is 0.249 e. The Kier molecular flexibility index (Phi) is 4.00. The van der Waals surface area contributed by atoms with Crippen molar-refractivity contribution in [3.05, 3.63) is 42.1 Å². The molecule has 0 bridgehead atoms. The number of carbonyl (C=O) groups is 3. The molecule has 0 spiro atoms. The van der Waals surface area contributed by atoms with Crippen LogP contribution in [0.4, 0.5) is 0 Å². The average molecular weight is 375 g/mol. The number of rotatable bonds is 2. The van der Waals surface area contributed by atoms with Crippen LogP contribution in [0.25, 0.3) is 21.9 Å². The number of ketones is 1. The van der Waals surface area contributed by atoms with E-state index in [4.69, 9.17) is 0 Å². The molecule has 0 radical (unpaired) electrons. The lowest BCUT2D eigenvalue weighted by Gasteiger charge is -2.24. The minimum Gasteiger partial charge on any atom is -0.326 e. The van der Waals surface area contributed by atoms with Gasteiger partial charge in [0.25, 0.3) is 0 Å². The largest absolute Gasteiger partial charge is 0.326 e. The van der Waals surface area contributed by atoms with Crippen molar-refractivity contribution in [3.8, 4) is 0 Å². The molecule has 2 aliphatic rings. The zero-order valence-electron chi connectivity index (χ0n) is 15.5. The molecule has 3 aromatic rings. The van der Waals surface area contributed by atoms with Gasteiger partial charge in [-0.3, -0.25) is 24.7 Å². The van der Waals surface area contributed by atoms with Gasteiger partial charge in [-0.15, -0.1) is 0 Å². The van der Waals surface area contributed by atoms with Gasteiger partial charge in [0.15, 0.2) is 0 Å². The van der Waals surface area contributed by atoms with Crippen molar-refractivity contribution in [2.45, 2.75) is 50.5 Å². The van der Waals surface area contributed by atoms with Gasteiger partial charge in [0.05, 0.1) is 16.6 Å². The third kappa shape index (κ3) is 2.71. The Labute approximate surface area is 161 Å². The van der Waals surface area contributed by atoms with E-state index in [9.17, 15) is 14.4 Å². The van der Waals surface area contributed by atoms with E-state index in [2.05, 4.69) is 28.5 Å². The van der Waals surface area contributed by atoms with Crippen LogP contribution in [0, 0.1) is 0 Å². The van der Waals surface area contributed by atoms with E-state index < -0.39 is 6.04 Å². The van der Waals surface area contributed by atoms with Crippen LogP contribution < -0.4 is 5.32 Å². The fraction of sp³-hybridized carbons (Fsp3) is 0.364. The van der Waals surface area contributed by atoms with Crippen LogP contribution in [-0.2, 0) is 14.4 Å². The van der Waals surface area contributed by atoms with E-state index in [0.717, 1.165) is 34.8 Å². The van der Waals surface area contributed by atoms with Crippen LogP contribution >= 0.6 is 0 Å². The summed E-state index contributed by atoms with van der Waals surface area (Å²) in [5.41, 5.74) is 3.96. The standard InChI is InChI=1S/C22H21N3O3/c26-15-6-3-13(4-7-15)14-5-8-17-16(12-14)21-18(2-1-11-23-21)25(17)19-9-10-20(27)24-22(19)28/h1-2,5,8,11-13,19H,3-4,6-7,9-10H2,(H,24,27,28). The SMILES string of the molecule is O=C1CCC(c2ccc3c(c2)c2ncccc2n3C2CCC(=O)NC2=O)CC1. The summed E-state index contributed by atoms with van der Waals surface area (Å²) in [6, 6.07) is 9.78. The topological polar surface area (TPSA) is 81.1 Å². The molecule has 6 heteroatoms. The summed E-state index contributed by atoms with van der Waals surface area (Å²) in [4.78, 5) is 40.3. The van der Waals surface area contributed by atoms with E-state index in [1.807, 2.05) is 16.7 Å². The maximum atomic E-state index is 12.5. The zero-order valence-corrected chi connectivity index (χ0v) is 15.5. The number of hydrogen-bond donors (Lipinski definition) is 1. The van der Waals surface area contributed by atoms with Gasteiger partial charge in [0.1, 0.15) is 11.8 Å². The minimum absolute atomic E-state index is 0.214. The summed E-state index contributed by atoms with van der Waals surface area (Å²) in [5, 5.41) is 3.49. The molecule has 1 saturated heterocycles. The van der Waals surface area contributed by atoms with E-state index in [1.165, 1.54) is 5.56 Å². The highest BCUT2D eigenvalue weighted by Gasteiger charge is 2.31. The highest BCUT2D eigenvalue weighted by Crippen LogP contribution is 2.37. The van der Waals surface area contributed by atoms with Crippen molar-refractivity contribution in [1.82, 2.24) is 14.9 Å². The number of amides is 2. The first-order valence-corrected chi connectivity index (χ1v) is 9.86. The average Bonchev–Trinajstić information content (AvgIpc) is 3.02. The molecule has 6 nitrogen and oxygen atoms in total. The van der Waals surface area contributed by atoms with Crippen LogP contribution in [0.1, 0.15) is 56.0 Å². The molecule has 142 valence electrons. The van der Waals surface area contributed by atoms with Gasteiger partial charge in [-0.05, 0) is 55.0 Å². The normalized spacial score (nSPS) is 21.4. The van der Waals surface area contributed by atoms with E-state index in [-0.39, 0.29) is 11.8 Å². The lowest BCUT2D eigenvalue weighted by molar-refractivity contribution is -0.135. The maximum absolute atomic E-state index is 12.5. The molecular weight excluding hydrogens is 354 g/mol. The Morgan fingerprint density at radius 1 is 0.964 bits per heavy atom. The summed E-state index contributed by atoms with van der Waals surface area (Å²) in [7, 11) is 0. The molecule has 5 rings (SSSR count). The zero-order chi connectivity index (χ0) is 19.3. The Morgan fingerprint density at radius 2 is 1.79 bits per heavy atom. The van der Waals surface area contributed by atoms with Crippen LogP contribution in [0.3, 0.4) is 0 Å². The molecule has 28 heavy (non-hydrogen) atoms. The van der Waals surface area contributed by atoms with Gasteiger partial charge in [-0.25, -0.2) is 0 Å². The van der Waals surface area contributed by atoms with Crippen molar-refractivity contribution >= 4 is 39.5 Å². The lowest BCUT2D eigenvalue weighted by atomic mass is 9.83. The molecule has 1 saturated carbocycles. The van der Waals surface area contributed by atoms with Crippen molar-refractivity contribution < 1.29 is 14.4 Å². The number of fused-ring (bicyclic) bond motifs is 3. The van der Waals surface area contributed by atoms with Gasteiger partial charge in [-0.1, -0.05) is 6.07 Å². The van der Waals surface area contributed by atoms with Crippen molar-refractivity contribution in [3.63, 3.8) is 0 Å². The third-order valence-corrected chi connectivity index (χ3v) is 6.12. The Balaban J connectivity index is 1.65. The quantitative estimate of drug-likeness (QED) is 0.696. The van der Waals surface area contributed by atoms with Gasteiger partial charge in [-0.2, -0.15) is 0 Å². The fourth-order valence-electron chi connectivity index (χ4n) is 4.67. The van der Waals surface area contributed by atoms with E-state index >= 15 is 0 Å². The highest BCUT2D eigenvalue weighted by molar-refractivity contribution is 6.08. The molecule has 1 aliphatic heterocycles. The molecular formula is C22H21N3O3. The molecule has 1 unspecified atom stereocenters. The van der Waals surface area contributed by atoms with Crippen LogP contribution in [-0.4, -0.2) is 27.1 Å². The summed E-state index contributed by atoms with van der Waals surface area (Å²) >= 11 is 0. The molecule has 1 N–H and O–H groups in total. The number of Topliss-reactive ketones (excluding diaryl/α,β-unsaturated/α-hetero) is 1. The lowest BCUT2D eigenvalue weighted by Crippen LogP contribution is -2.41. The predicted molar refractivity (Wildman–Crippen MR) is 105 cm³/mol. The van der Waals surface area contributed by atoms with Gasteiger partial charge < -0.3 is 4.57 Å². The maximum Gasteiger partial charge on any atom is 0.249 e. The summed E-state index contributed by atoms with van der Waals surface area (Å²) in [6.07, 6.45) is 5.69. The second-order valence-corrected chi connectivity index (χ2v) is 7.80. The summed E-state index contributed by atoms with van der Waals surface area (Å²) in [6.45, 7) is 0. The van der Waals surface area contributed by atoms with Gasteiger partial charge in [0, 0.05) is 30.8 Å². The number of hydrogen-bond acceptors (Lipinski definition) is 4. The van der Waals surface area contributed by atoms with Crippen molar-refractivity contribution in [2.24, 2.45) is 0 Å². The number of pyridine rings is 1. The first kappa shape index (κ1) is 17.1. The Bertz CT molecular complexity index is 1120. The molecule has 1 aliphatic carbocycles. The van der Waals surface area contributed by atoms with Crippen LogP contribution in [0.2, 0.25) is 0 Å². The second kappa shape index (κ2) is 6.55. The Hall–Kier alpha value is -3.02. The minimum atomic E-state index is -0.417. The number of carbonyl (C=O) groups excluding carboxylic acids is 3. The number of piperidine rings is 1. The molecule has 1 atom stereocenters. The first-order valence-electron chi connectivity index (χ1n) is 9.86. The number of nitrogens with zero attached hydrogens (tertiary/aromatic N) is 2. The number of imide groups is 1. The van der Waals surface area contributed by atoms with E-state index in [0.29, 0.717) is 37.4 Å². The first-order chi connectivity index (χ1) is 13.6. The molecule has 1 aromatic carbocycles. The van der Waals surface area contributed by atoms with Crippen molar-refractivity contribution in [1.29, 1.82) is 0 Å². The van der Waals surface area contributed by atoms with E-state index in [1.54, 1.807) is 6.20 Å².